The van der Waals surface area contributed by atoms with Crippen molar-refractivity contribution in [2.24, 2.45) is 0 Å². The molecular formula is C14H16ClF3N2O. The van der Waals surface area contributed by atoms with Gasteiger partial charge in [0, 0.05) is 6.04 Å². The first-order valence-electron chi connectivity index (χ1n) is 6.76. The zero-order valence-corrected chi connectivity index (χ0v) is 12.0. The SMILES string of the molecule is O=C(CNc1cc(C(F)(F)F)ccc1Cl)NC1CCCC1. The third-order valence-corrected chi connectivity index (χ3v) is 3.78. The maximum Gasteiger partial charge on any atom is 0.416 e. The molecule has 0 unspecified atom stereocenters. The molecule has 1 saturated carbocycles. The molecule has 1 aromatic carbocycles. The first-order chi connectivity index (χ1) is 9.86. The van der Waals surface area contributed by atoms with Crippen LogP contribution in [0, 0.1) is 0 Å². The van der Waals surface area contributed by atoms with Gasteiger partial charge in [0.25, 0.3) is 0 Å². The summed E-state index contributed by atoms with van der Waals surface area (Å²) in [5.41, 5.74) is -0.696. The standard InChI is InChI=1S/C14H16ClF3N2O/c15-11-6-5-9(14(16,17)18)7-12(11)19-8-13(21)20-10-3-1-2-4-10/h5-7,10,19H,1-4,8H2,(H,20,21). The summed E-state index contributed by atoms with van der Waals surface area (Å²) >= 11 is 5.84. The molecule has 21 heavy (non-hydrogen) atoms. The fourth-order valence-corrected chi connectivity index (χ4v) is 2.55. The zero-order valence-electron chi connectivity index (χ0n) is 11.3. The lowest BCUT2D eigenvalue weighted by atomic mass is 10.2. The Bertz CT molecular complexity index is 513. The molecule has 2 rings (SSSR count). The lowest BCUT2D eigenvalue weighted by molar-refractivity contribution is -0.137. The average molecular weight is 321 g/mol. The zero-order chi connectivity index (χ0) is 15.5. The van der Waals surface area contributed by atoms with Crippen LogP contribution in [-0.4, -0.2) is 18.5 Å². The predicted octanol–water partition coefficient (Wildman–Crippen LogP) is 3.83. The molecule has 0 spiro atoms. The second-order valence-corrected chi connectivity index (χ2v) is 5.50. The Morgan fingerprint density at radius 2 is 1.95 bits per heavy atom. The van der Waals surface area contributed by atoms with Crippen LogP contribution in [0.4, 0.5) is 18.9 Å². The van der Waals surface area contributed by atoms with Gasteiger partial charge in [0.15, 0.2) is 0 Å². The van der Waals surface area contributed by atoms with E-state index in [1.807, 2.05) is 0 Å². The summed E-state index contributed by atoms with van der Waals surface area (Å²) in [7, 11) is 0. The number of amides is 1. The molecule has 1 amide bonds. The summed E-state index contributed by atoms with van der Waals surface area (Å²) in [4.78, 5) is 11.7. The van der Waals surface area contributed by atoms with Gasteiger partial charge in [0.2, 0.25) is 5.91 Å². The molecule has 0 saturated heterocycles. The molecule has 0 aliphatic heterocycles. The molecule has 0 radical (unpaired) electrons. The van der Waals surface area contributed by atoms with Crippen molar-refractivity contribution in [2.45, 2.75) is 37.9 Å². The van der Waals surface area contributed by atoms with Crippen molar-refractivity contribution in [1.82, 2.24) is 5.32 Å². The molecule has 0 aromatic heterocycles. The van der Waals surface area contributed by atoms with E-state index in [2.05, 4.69) is 10.6 Å². The highest BCUT2D eigenvalue weighted by atomic mass is 35.5. The molecule has 1 aromatic rings. The maximum atomic E-state index is 12.6. The molecule has 1 aliphatic rings. The van der Waals surface area contributed by atoms with E-state index in [0.717, 1.165) is 37.8 Å². The monoisotopic (exact) mass is 320 g/mol. The molecular weight excluding hydrogens is 305 g/mol. The summed E-state index contributed by atoms with van der Waals surface area (Å²) in [6.07, 6.45) is -0.338. The Kier molecular flexibility index (Phi) is 4.98. The number of anilines is 1. The molecule has 1 fully saturated rings. The Hall–Kier alpha value is -1.43. The number of nitrogens with one attached hydrogen (secondary N) is 2. The molecule has 0 atom stereocenters. The summed E-state index contributed by atoms with van der Waals surface area (Å²) in [5, 5.41) is 5.65. The van der Waals surface area contributed by atoms with E-state index in [0.29, 0.717) is 0 Å². The Balaban J connectivity index is 1.94. The number of halogens is 4. The molecule has 0 heterocycles. The van der Waals surface area contributed by atoms with Gasteiger partial charge >= 0.3 is 6.18 Å². The van der Waals surface area contributed by atoms with Crippen molar-refractivity contribution < 1.29 is 18.0 Å². The van der Waals surface area contributed by atoms with Crippen LogP contribution in [0.5, 0.6) is 0 Å². The van der Waals surface area contributed by atoms with Crippen molar-refractivity contribution in [3.8, 4) is 0 Å². The second-order valence-electron chi connectivity index (χ2n) is 5.09. The summed E-state index contributed by atoms with van der Waals surface area (Å²) in [6, 6.07) is 3.16. The number of rotatable bonds is 4. The van der Waals surface area contributed by atoms with Gasteiger partial charge in [0.05, 0.1) is 22.8 Å². The first-order valence-corrected chi connectivity index (χ1v) is 7.14. The lowest BCUT2D eigenvalue weighted by Crippen LogP contribution is -2.36. The summed E-state index contributed by atoms with van der Waals surface area (Å²) < 4.78 is 37.9. The third kappa shape index (κ3) is 4.52. The number of carbonyl (C=O) groups excluding carboxylic acids is 1. The number of benzene rings is 1. The van der Waals surface area contributed by atoms with Gasteiger partial charge in [-0.2, -0.15) is 13.2 Å². The van der Waals surface area contributed by atoms with E-state index in [1.165, 1.54) is 6.07 Å². The van der Waals surface area contributed by atoms with Gasteiger partial charge in [-0.15, -0.1) is 0 Å². The van der Waals surface area contributed by atoms with Crippen LogP contribution in [0.3, 0.4) is 0 Å². The second kappa shape index (κ2) is 6.56. The number of hydrogen-bond acceptors (Lipinski definition) is 2. The van der Waals surface area contributed by atoms with E-state index < -0.39 is 11.7 Å². The number of carbonyl (C=O) groups is 1. The van der Waals surface area contributed by atoms with Gasteiger partial charge in [-0.3, -0.25) is 4.79 Å². The van der Waals surface area contributed by atoms with Gasteiger partial charge in [-0.1, -0.05) is 24.4 Å². The van der Waals surface area contributed by atoms with Crippen molar-refractivity contribution >= 4 is 23.2 Å². The van der Waals surface area contributed by atoms with Crippen LogP contribution in [0.25, 0.3) is 0 Å². The van der Waals surface area contributed by atoms with Crippen molar-refractivity contribution in [2.75, 3.05) is 11.9 Å². The molecule has 2 N–H and O–H groups in total. The Labute approximate surface area is 125 Å². The third-order valence-electron chi connectivity index (χ3n) is 3.45. The normalized spacial score (nSPS) is 16.0. The fourth-order valence-electron chi connectivity index (χ4n) is 2.36. The van der Waals surface area contributed by atoms with Gasteiger partial charge in [-0.05, 0) is 31.0 Å². The Morgan fingerprint density at radius 3 is 2.57 bits per heavy atom. The van der Waals surface area contributed by atoms with Crippen LogP contribution in [-0.2, 0) is 11.0 Å². The molecule has 116 valence electrons. The van der Waals surface area contributed by atoms with E-state index in [-0.39, 0.29) is 29.2 Å². The minimum atomic E-state index is -4.44. The predicted molar refractivity (Wildman–Crippen MR) is 75.3 cm³/mol. The average Bonchev–Trinajstić information content (AvgIpc) is 2.89. The maximum absolute atomic E-state index is 12.6. The van der Waals surface area contributed by atoms with Crippen LogP contribution >= 0.6 is 11.6 Å². The minimum Gasteiger partial charge on any atom is -0.375 e. The highest BCUT2D eigenvalue weighted by molar-refractivity contribution is 6.33. The molecule has 0 bridgehead atoms. The van der Waals surface area contributed by atoms with Crippen LogP contribution in [0.1, 0.15) is 31.2 Å². The summed E-state index contributed by atoms with van der Waals surface area (Å²) in [5.74, 6) is -0.240. The highest BCUT2D eigenvalue weighted by Gasteiger charge is 2.31. The van der Waals surface area contributed by atoms with Gasteiger partial charge in [0.1, 0.15) is 0 Å². The van der Waals surface area contributed by atoms with Crippen molar-refractivity contribution in [3.63, 3.8) is 0 Å². The van der Waals surface area contributed by atoms with E-state index in [1.54, 1.807) is 0 Å². The van der Waals surface area contributed by atoms with E-state index >= 15 is 0 Å². The minimum absolute atomic E-state index is 0.0997. The number of hydrogen-bond donors (Lipinski definition) is 2. The van der Waals surface area contributed by atoms with E-state index in [4.69, 9.17) is 11.6 Å². The lowest BCUT2D eigenvalue weighted by Gasteiger charge is -2.14. The van der Waals surface area contributed by atoms with Crippen molar-refractivity contribution in [3.05, 3.63) is 28.8 Å². The first kappa shape index (κ1) is 15.9. The number of alkyl halides is 3. The van der Waals surface area contributed by atoms with Crippen LogP contribution < -0.4 is 10.6 Å². The molecule has 7 heteroatoms. The molecule has 3 nitrogen and oxygen atoms in total. The Morgan fingerprint density at radius 1 is 1.29 bits per heavy atom. The van der Waals surface area contributed by atoms with E-state index in [9.17, 15) is 18.0 Å². The topological polar surface area (TPSA) is 41.1 Å². The van der Waals surface area contributed by atoms with Crippen molar-refractivity contribution in [1.29, 1.82) is 0 Å². The largest absolute Gasteiger partial charge is 0.416 e. The summed E-state index contributed by atoms with van der Waals surface area (Å²) in [6.45, 7) is -0.0997. The van der Waals surface area contributed by atoms with Crippen LogP contribution in [0.15, 0.2) is 18.2 Å². The quantitative estimate of drug-likeness (QED) is 0.885. The van der Waals surface area contributed by atoms with Gasteiger partial charge < -0.3 is 10.6 Å². The smallest absolute Gasteiger partial charge is 0.375 e. The van der Waals surface area contributed by atoms with Crippen LogP contribution in [0.2, 0.25) is 5.02 Å². The fraction of sp³-hybridized carbons (Fsp3) is 0.500. The molecule has 1 aliphatic carbocycles. The van der Waals surface area contributed by atoms with Gasteiger partial charge in [-0.25, -0.2) is 0 Å². The highest BCUT2D eigenvalue weighted by Crippen LogP contribution is 2.33.